The molecule has 3 rings (SSSR count). The molecule has 0 radical (unpaired) electrons. The predicted molar refractivity (Wildman–Crippen MR) is 101 cm³/mol. The van der Waals surface area contributed by atoms with Gasteiger partial charge in [0.05, 0.1) is 18.7 Å². The van der Waals surface area contributed by atoms with Gasteiger partial charge in [0.25, 0.3) is 0 Å². The van der Waals surface area contributed by atoms with Crippen LogP contribution in [0.4, 0.5) is 5.69 Å². The Morgan fingerprint density at radius 3 is 2.77 bits per heavy atom. The summed E-state index contributed by atoms with van der Waals surface area (Å²) in [5, 5.41) is 3.69. The van der Waals surface area contributed by atoms with Gasteiger partial charge in [-0.1, -0.05) is 31.5 Å². The molecule has 0 bridgehead atoms. The van der Waals surface area contributed by atoms with Gasteiger partial charge in [0.1, 0.15) is 5.76 Å². The zero-order chi connectivity index (χ0) is 18.7. The SMILES string of the molecule is CCc1ccc(Cl)c(CC)c1NC(=O)C1CC(=O)N(Cc2ccco2)C1. The van der Waals surface area contributed by atoms with E-state index in [2.05, 4.69) is 5.32 Å². The number of amides is 2. The Kier molecular flexibility index (Phi) is 5.67. The summed E-state index contributed by atoms with van der Waals surface area (Å²) in [5.41, 5.74) is 2.79. The Morgan fingerprint density at radius 2 is 2.12 bits per heavy atom. The van der Waals surface area contributed by atoms with Crippen LogP contribution >= 0.6 is 11.6 Å². The van der Waals surface area contributed by atoms with Crippen molar-refractivity contribution < 1.29 is 14.0 Å². The molecule has 6 heteroatoms. The number of hydrogen-bond donors (Lipinski definition) is 1. The van der Waals surface area contributed by atoms with E-state index in [0.717, 1.165) is 35.4 Å². The lowest BCUT2D eigenvalue weighted by atomic mass is 10.0. The molecule has 2 amide bonds. The summed E-state index contributed by atoms with van der Waals surface area (Å²) in [7, 11) is 0. The molecule has 2 aromatic rings. The molecule has 1 fully saturated rings. The smallest absolute Gasteiger partial charge is 0.229 e. The highest BCUT2D eigenvalue weighted by Crippen LogP contribution is 2.31. The summed E-state index contributed by atoms with van der Waals surface area (Å²) in [6, 6.07) is 7.44. The van der Waals surface area contributed by atoms with Gasteiger partial charge in [-0.3, -0.25) is 9.59 Å². The minimum Gasteiger partial charge on any atom is -0.467 e. The van der Waals surface area contributed by atoms with Crippen LogP contribution in [0.25, 0.3) is 0 Å². The molecule has 1 N–H and O–H groups in total. The molecule has 0 spiro atoms. The number of likely N-dealkylation sites (tertiary alicyclic amines) is 1. The zero-order valence-electron chi connectivity index (χ0n) is 15.0. The number of rotatable bonds is 6. The fourth-order valence-corrected chi connectivity index (χ4v) is 3.67. The van der Waals surface area contributed by atoms with Crippen LogP contribution < -0.4 is 5.32 Å². The van der Waals surface area contributed by atoms with Gasteiger partial charge in [0, 0.05) is 23.7 Å². The molecule has 2 heterocycles. The summed E-state index contributed by atoms with van der Waals surface area (Å²) >= 11 is 6.30. The first kappa shape index (κ1) is 18.5. The van der Waals surface area contributed by atoms with Gasteiger partial charge in [-0.25, -0.2) is 0 Å². The van der Waals surface area contributed by atoms with Crippen LogP contribution in [-0.2, 0) is 29.0 Å². The summed E-state index contributed by atoms with van der Waals surface area (Å²) in [4.78, 5) is 26.7. The molecular weight excluding hydrogens is 352 g/mol. The van der Waals surface area contributed by atoms with Crippen LogP contribution in [0.5, 0.6) is 0 Å². The number of carbonyl (C=O) groups is 2. The molecule has 0 saturated carbocycles. The first-order valence-electron chi connectivity index (χ1n) is 8.94. The molecule has 1 saturated heterocycles. The van der Waals surface area contributed by atoms with Crippen molar-refractivity contribution in [2.75, 3.05) is 11.9 Å². The van der Waals surface area contributed by atoms with Crippen molar-refractivity contribution in [1.29, 1.82) is 0 Å². The zero-order valence-corrected chi connectivity index (χ0v) is 15.8. The number of halogens is 1. The normalized spacial score (nSPS) is 17.0. The van der Waals surface area contributed by atoms with Gasteiger partial charge in [0.15, 0.2) is 0 Å². The first-order valence-corrected chi connectivity index (χ1v) is 9.32. The quantitative estimate of drug-likeness (QED) is 0.829. The fraction of sp³-hybridized carbons (Fsp3) is 0.400. The van der Waals surface area contributed by atoms with Crippen LogP contribution in [0.3, 0.4) is 0 Å². The molecule has 0 aliphatic carbocycles. The minimum absolute atomic E-state index is 0.0286. The standard InChI is InChI=1S/C20H23ClN2O3/c1-3-13-7-8-17(21)16(4-2)19(13)22-20(25)14-10-18(24)23(11-14)12-15-6-5-9-26-15/h5-9,14H,3-4,10-12H2,1-2H3,(H,22,25). The molecular formula is C20H23ClN2O3. The van der Waals surface area contributed by atoms with E-state index in [9.17, 15) is 9.59 Å². The number of aryl methyl sites for hydroxylation is 1. The third kappa shape index (κ3) is 3.78. The van der Waals surface area contributed by atoms with E-state index in [-0.39, 0.29) is 24.2 Å². The lowest BCUT2D eigenvalue weighted by Crippen LogP contribution is -2.28. The van der Waals surface area contributed by atoms with Crippen molar-refractivity contribution in [3.63, 3.8) is 0 Å². The Hall–Kier alpha value is -2.27. The van der Waals surface area contributed by atoms with Gasteiger partial charge in [-0.15, -0.1) is 0 Å². The summed E-state index contributed by atoms with van der Waals surface area (Å²) in [6.07, 6.45) is 3.33. The van der Waals surface area contributed by atoms with Crippen molar-refractivity contribution in [3.05, 3.63) is 52.4 Å². The molecule has 1 aromatic heterocycles. The Morgan fingerprint density at radius 1 is 1.31 bits per heavy atom. The summed E-state index contributed by atoms with van der Waals surface area (Å²) in [5.74, 6) is 0.188. The molecule has 1 aromatic carbocycles. The second kappa shape index (κ2) is 7.96. The van der Waals surface area contributed by atoms with Crippen LogP contribution in [-0.4, -0.2) is 23.3 Å². The number of carbonyl (C=O) groups excluding carboxylic acids is 2. The van der Waals surface area contributed by atoms with E-state index in [1.807, 2.05) is 32.0 Å². The molecule has 26 heavy (non-hydrogen) atoms. The van der Waals surface area contributed by atoms with E-state index >= 15 is 0 Å². The predicted octanol–water partition coefficient (Wildman–Crippen LogP) is 4.05. The summed E-state index contributed by atoms with van der Waals surface area (Å²) < 4.78 is 5.30. The Bertz CT molecular complexity index is 802. The highest BCUT2D eigenvalue weighted by atomic mass is 35.5. The summed E-state index contributed by atoms with van der Waals surface area (Å²) in [6.45, 7) is 4.85. The van der Waals surface area contributed by atoms with Crippen LogP contribution in [0, 0.1) is 5.92 Å². The lowest BCUT2D eigenvalue weighted by molar-refractivity contribution is -0.128. The average molecular weight is 375 g/mol. The van der Waals surface area contributed by atoms with Gasteiger partial charge in [0.2, 0.25) is 11.8 Å². The first-order chi connectivity index (χ1) is 12.5. The highest BCUT2D eigenvalue weighted by Gasteiger charge is 2.35. The van der Waals surface area contributed by atoms with Gasteiger partial charge in [-0.2, -0.15) is 0 Å². The van der Waals surface area contributed by atoms with Crippen LogP contribution in [0.1, 0.15) is 37.2 Å². The van der Waals surface area contributed by atoms with Crippen LogP contribution in [0.15, 0.2) is 34.9 Å². The number of furan rings is 1. The Balaban J connectivity index is 1.73. The number of nitrogens with zero attached hydrogens (tertiary/aromatic N) is 1. The Labute approximate surface area is 158 Å². The van der Waals surface area contributed by atoms with Crippen molar-refractivity contribution >= 4 is 29.1 Å². The third-order valence-electron chi connectivity index (χ3n) is 4.84. The molecule has 1 atom stereocenters. The molecule has 138 valence electrons. The van der Waals surface area contributed by atoms with Crippen molar-refractivity contribution in [1.82, 2.24) is 4.90 Å². The van der Waals surface area contributed by atoms with Crippen molar-refractivity contribution in [3.8, 4) is 0 Å². The topological polar surface area (TPSA) is 62.6 Å². The van der Waals surface area contributed by atoms with E-state index in [0.29, 0.717) is 18.1 Å². The minimum atomic E-state index is -0.370. The number of benzene rings is 1. The average Bonchev–Trinajstić information content (AvgIpc) is 3.26. The van der Waals surface area contributed by atoms with Gasteiger partial charge < -0.3 is 14.6 Å². The second-order valence-corrected chi connectivity index (χ2v) is 6.92. The molecule has 5 nitrogen and oxygen atoms in total. The number of anilines is 1. The van der Waals surface area contributed by atoms with Gasteiger partial charge in [-0.05, 0) is 42.2 Å². The van der Waals surface area contributed by atoms with E-state index < -0.39 is 0 Å². The second-order valence-electron chi connectivity index (χ2n) is 6.51. The highest BCUT2D eigenvalue weighted by molar-refractivity contribution is 6.32. The molecule has 1 aliphatic heterocycles. The lowest BCUT2D eigenvalue weighted by Gasteiger charge is -2.18. The van der Waals surface area contributed by atoms with E-state index in [4.69, 9.17) is 16.0 Å². The fourth-order valence-electron chi connectivity index (χ4n) is 3.38. The van der Waals surface area contributed by atoms with Crippen molar-refractivity contribution in [2.45, 2.75) is 39.7 Å². The van der Waals surface area contributed by atoms with Crippen molar-refractivity contribution in [2.24, 2.45) is 5.92 Å². The van der Waals surface area contributed by atoms with E-state index in [1.165, 1.54) is 0 Å². The number of hydrogen-bond acceptors (Lipinski definition) is 3. The molecule has 1 aliphatic rings. The maximum Gasteiger partial charge on any atom is 0.229 e. The van der Waals surface area contributed by atoms with Crippen LogP contribution in [0.2, 0.25) is 5.02 Å². The number of nitrogens with one attached hydrogen (secondary N) is 1. The molecule has 1 unspecified atom stereocenters. The third-order valence-corrected chi connectivity index (χ3v) is 5.19. The maximum absolute atomic E-state index is 12.8. The van der Waals surface area contributed by atoms with Gasteiger partial charge >= 0.3 is 0 Å². The monoisotopic (exact) mass is 374 g/mol. The maximum atomic E-state index is 12.8. The largest absolute Gasteiger partial charge is 0.467 e. The van der Waals surface area contributed by atoms with E-state index in [1.54, 1.807) is 17.2 Å².